The van der Waals surface area contributed by atoms with Crippen LogP contribution in [0.4, 0.5) is 0 Å². The molecule has 0 radical (unpaired) electrons. The second-order valence-corrected chi connectivity index (χ2v) is 5.27. The van der Waals surface area contributed by atoms with E-state index in [0.717, 1.165) is 17.6 Å². The lowest BCUT2D eigenvalue weighted by atomic mass is 10.1. The summed E-state index contributed by atoms with van der Waals surface area (Å²) in [7, 11) is 0. The number of benzene rings is 1. The van der Waals surface area contributed by atoms with Crippen molar-refractivity contribution in [2.24, 2.45) is 0 Å². The summed E-state index contributed by atoms with van der Waals surface area (Å²) >= 11 is 3.48. The van der Waals surface area contributed by atoms with Gasteiger partial charge in [-0.1, -0.05) is 28.1 Å². The van der Waals surface area contributed by atoms with Gasteiger partial charge in [-0.3, -0.25) is 0 Å². The normalized spacial score (nSPS) is 22.2. The van der Waals surface area contributed by atoms with Crippen molar-refractivity contribution in [3.8, 4) is 0 Å². The smallest absolute Gasteiger partial charge is 0.0726 e. The minimum Gasteiger partial charge on any atom is -0.377 e. The standard InChI is InChI=1S/C13H18BrNO/c1-10(13-6-3-7-16-13)15-9-11-4-2-5-12(14)8-11/h2,4-5,8,10,13,15H,3,6-7,9H2,1H3. The third-order valence-corrected chi connectivity index (χ3v) is 3.53. The van der Waals surface area contributed by atoms with Gasteiger partial charge in [-0.15, -0.1) is 0 Å². The Morgan fingerprint density at radius 2 is 2.44 bits per heavy atom. The van der Waals surface area contributed by atoms with Gasteiger partial charge in [-0.05, 0) is 37.5 Å². The molecule has 1 fully saturated rings. The molecule has 0 aromatic heterocycles. The van der Waals surface area contributed by atoms with Gasteiger partial charge >= 0.3 is 0 Å². The minimum absolute atomic E-state index is 0.396. The molecule has 2 rings (SSSR count). The fourth-order valence-electron chi connectivity index (χ4n) is 2.05. The molecule has 0 spiro atoms. The summed E-state index contributed by atoms with van der Waals surface area (Å²) in [5.74, 6) is 0. The monoisotopic (exact) mass is 283 g/mol. The summed E-state index contributed by atoms with van der Waals surface area (Å²) in [5, 5.41) is 3.52. The van der Waals surface area contributed by atoms with Crippen LogP contribution in [0.3, 0.4) is 0 Å². The molecule has 0 amide bonds. The fraction of sp³-hybridized carbons (Fsp3) is 0.538. The number of ether oxygens (including phenoxy) is 1. The fourth-order valence-corrected chi connectivity index (χ4v) is 2.50. The minimum atomic E-state index is 0.396. The molecular weight excluding hydrogens is 266 g/mol. The number of hydrogen-bond acceptors (Lipinski definition) is 2. The molecule has 1 aliphatic rings. The predicted molar refractivity (Wildman–Crippen MR) is 69.4 cm³/mol. The molecule has 1 N–H and O–H groups in total. The Morgan fingerprint density at radius 1 is 1.56 bits per heavy atom. The van der Waals surface area contributed by atoms with Crippen LogP contribution < -0.4 is 5.32 Å². The van der Waals surface area contributed by atoms with Crippen molar-refractivity contribution in [3.63, 3.8) is 0 Å². The van der Waals surface area contributed by atoms with Gasteiger partial charge in [-0.25, -0.2) is 0 Å². The van der Waals surface area contributed by atoms with Crippen molar-refractivity contribution < 1.29 is 4.74 Å². The molecule has 0 bridgehead atoms. The largest absolute Gasteiger partial charge is 0.377 e. The topological polar surface area (TPSA) is 21.3 Å². The van der Waals surface area contributed by atoms with Gasteiger partial charge in [0.25, 0.3) is 0 Å². The summed E-state index contributed by atoms with van der Waals surface area (Å²) in [4.78, 5) is 0. The lowest BCUT2D eigenvalue weighted by Crippen LogP contribution is -2.36. The molecule has 2 atom stereocenters. The molecule has 0 aliphatic carbocycles. The Morgan fingerprint density at radius 3 is 3.12 bits per heavy atom. The number of halogens is 1. The van der Waals surface area contributed by atoms with Gasteiger partial charge in [0.05, 0.1) is 6.10 Å². The second kappa shape index (κ2) is 5.80. The van der Waals surface area contributed by atoms with E-state index in [9.17, 15) is 0 Å². The Bertz CT molecular complexity index is 336. The average Bonchev–Trinajstić information content (AvgIpc) is 2.79. The van der Waals surface area contributed by atoms with Crippen LogP contribution in [0.5, 0.6) is 0 Å². The van der Waals surface area contributed by atoms with E-state index in [-0.39, 0.29) is 0 Å². The van der Waals surface area contributed by atoms with Crippen LogP contribution in [0.1, 0.15) is 25.3 Å². The average molecular weight is 284 g/mol. The van der Waals surface area contributed by atoms with E-state index in [1.165, 1.54) is 18.4 Å². The van der Waals surface area contributed by atoms with Crippen molar-refractivity contribution in [3.05, 3.63) is 34.3 Å². The number of hydrogen-bond donors (Lipinski definition) is 1. The van der Waals surface area contributed by atoms with Crippen LogP contribution in [0.15, 0.2) is 28.7 Å². The molecule has 2 unspecified atom stereocenters. The Balaban J connectivity index is 1.82. The summed E-state index contributed by atoms with van der Waals surface area (Å²) in [6.45, 7) is 4.03. The van der Waals surface area contributed by atoms with Crippen LogP contribution in [0, 0.1) is 0 Å². The van der Waals surface area contributed by atoms with Gasteiger partial charge in [0, 0.05) is 23.7 Å². The van der Waals surface area contributed by atoms with Crippen LogP contribution in [0.25, 0.3) is 0 Å². The van der Waals surface area contributed by atoms with E-state index in [1.54, 1.807) is 0 Å². The molecule has 1 aromatic rings. The lowest BCUT2D eigenvalue weighted by Gasteiger charge is -2.20. The first-order valence-corrected chi connectivity index (χ1v) is 6.64. The van der Waals surface area contributed by atoms with Gasteiger partial charge in [0.15, 0.2) is 0 Å². The Labute approximate surface area is 106 Å². The maximum atomic E-state index is 5.66. The Hall–Kier alpha value is -0.380. The SMILES string of the molecule is CC(NCc1cccc(Br)c1)C1CCCO1. The van der Waals surface area contributed by atoms with Crippen LogP contribution in [-0.2, 0) is 11.3 Å². The van der Waals surface area contributed by atoms with Crippen molar-refractivity contribution in [2.45, 2.75) is 38.5 Å². The van der Waals surface area contributed by atoms with E-state index in [4.69, 9.17) is 4.74 Å². The molecule has 1 aromatic carbocycles. The zero-order valence-corrected chi connectivity index (χ0v) is 11.2. The highest BCUT2D eigenvalue weighted by molar-refractivity contribution is 9.10. The summed E-state index contributed by atoms with van der Waals surface area (Å²) in [6.07, 6.45) is 2.78. The second-order valence-electron chi connectivity index (χ2n) is 4.35. The summed E-state index contributed by atoms with van der Waals surface area (Å²) in [5.41, 5.74) is 1.30. The molecule has 1 saturated heterocycles. The molecule has 2 nitrogen and oxygen atoms in total. The predicted octanol–water partition coefficient (Wildman–Crippen LogP) is 3.11. The van der Waals surface area contributed by atoms with E-state index in [1.807, 2.05) is 6.07 Å². The Kier molecular flexibility index (Phi) is 4.38. The van der Waals surface area contributed by atoms with Crippen molar-refractivity contribution in [1.29, 1.82) is 0 Å². The quantitative estimate of drug-likeness (QED) is 0.917. The first-order valence-electron chi connectivity index (χ1n) is 5.85. The molecule has 16 heavy (non-hydrogen) atoms. The van der Waals surface area contributed by atoms with Crippen molar-refractivity contribution >= 4 is 15.9 Å². The number of rotatable bonds is 4. The maximum absolute atomic E-state index is 5.66. The first kappa shape index (κ1) is 12.1. The van der Waals surface area contributed by atoms with E-state index in [2.05, 4.69) is 46.4 Å². The van der Waals surface area contributed by atoms with Gasteiger partial charge in [0.1, 0.15) is 0 Å². The summed E-state index contributed by atoms with van der Waals surface area (Å²) < 4.78 is 6.79. The van der Waals surface area contributed by atoms with E-state index in [0.29, 0.717) is 12.1 Å². The zero-order valence-electron chi connectivity index (χ0n) is 9.58. The van der Waals surface area contributed by atoms with Crippen LogP contribution in [-0.4, -0.2) is 18.8 Å². The molecule has 88 valence electrons. The summed E-state index contributed by atoms with van der Waals surface area (Å²) in [6, 6.07) is 8.83. The van der Waals surface area contributed by atoms with Crippen LogP contribution >= 0.6 is 15.9 Å². The molecule has 1 aliphatic heterocycles. The van der Waals surface area contributed by atoms with Gasteiger partial charge in [0.2, 0.25) is 0 Å². The number of nitrogens with one attached hydrogen (secondary N) is 1. The van der Waals surface area contributed by atoms with Gasteiger partial charge < -0.3 is 10.1 Å². The van der Waals surface area contributed by atoms with E-state index < -0.39 is 0 Å². The van der Waals surface area contributed by atoms with Crippen molar-refractivity contribution in [2.75, 3.05) is 6.61 Å². The highest BCUT2D eigenvalue weighted by Crippen LogP contribution is 2.16. The van der Waals surface area contributed by atoms with Crippen molar-refractivity contribution in [1.82, 2.24) is 5.32 Å². The third-order valence-electron chi connectivity index (χ3n) is 3.04. The highest BCUT2D eigenvalue weighted by atomic mass is 79.9. The maximum Gasteiger partial charge on any atom is 0.0726 e. The molecule has 3 heteroatoms. The molecule has 0 saturated carbocycles. The lowest BCUT2D eigenvalue weighted by molar-refractivity contribution is 0.0832. The zero-order chi connectivity index (χ0) is 11.4. The van der Waals surface area contributed by atoms with Crippen LogP contribution in [0.2, 0.25) is 0 Å². The third kappa shape index (κ3) is 3.30. The van der Waals surface area contributed by atoms with Gasteiger partial charge in [-0.2, -0.15) is 0 Å². The molecule has 1 heterocycles. The molecular formula is C13H18BrNO. The first-order chi connectivity index (χ1) is 7.75. The highest BCUT2D eigenvalue weighted by Gasteiger charge is 2.21. The van der Waals surface area contributed by atoms with E-state index >= 15 is 0 Å².